The number of aliphatic imine (C=N–C) groups is 1. The fourth-order valence-corrected chi connectivity index (χ4v) is 0.682. The minimum Gasteiger partial charge on any atom is -0.395 e. The van der Waals surface area contributed by atoms with Gasteiger partial charge in [-0.05, 0) is 6.08 Å². The third-order valence-electron chi connectivity index (χ3n) is 1.12. The molecule has 0 aliphatic carbocycles. The zero-order valence-electron chi connectivity index (χ0n) is 5.70. The van der Waals surface area contributed by atoms with Gasteiger partial charge in [0, 0.05) is 19.0 Å². The summed E-state index contributed by atoms with van der Waals surface area (Å²) < 4.78 is 0. The van der Waals surface area contributed by atoms with Gasteiger partial charge >= 0.3 is 0 Å². The first kappa shape index (κ1) is 7.24. The molecule has 2 N–H and O–H groups in total. The highest BCUT2D eigenvalue weighted by Gasteiger charge is 1.96. The predicted octanol–water partition coefficient (Wildman–Crippen LogP) is -0.659. The third kappa shape index (κ3) is 2.16. The molecule has 0 fully saturated rings. The van der Waals surface area contributed by atoms with E-state index in [1.807, 2.05) is 17.3 Å². The van der Waals surface area contributed by atoms with E-state index < -0.39 is 0 Å². The van der Waals surface area contributed by atoms with E-state index in [1.165, 1.54) is 0 Å². The van der Waals surface area contributed by atoms with E-state index in [9.17, 15) is 0 Å². The number of allylic oxidation sites excluding steroid dienone is 1. The van der Waals surface area contributed by atoms with Crippen LogP contribution in [0.25, 0.3) is 0 Å². The molecule has 0 amide bonds. The standard InChI is InChI=1S/C6H11N3O/c10-5-3-8-9-4-1-2-7-6-9/h1-2,4,8,10H,3,5-6H2. The van der Waals surface area contributed by atoms with Gasteiger partial charge in [-0.25, -0.2) is 5.43 Å². The topological polar surface area (TPSA) is 47.9 Å². The van der Waals surface area contributed by atoms with Crippen LogP contribution in [0.5, 0.6) is 0 Å². The molecule has 0 radical (unpaired) electrons. The Kier molecular flexibility index (Phi) is 2.92. The van der Waals surface area contributed by atoms with Gasteiger partial charge < -0.3 is 5.11 Å². The van der Waals surface area contributed by atoms with Crippen LogP contribution >= 0.6 is 0 Å². The Balaban J connectivity index is 2.17. The Labute approximate surface area is 59.8 Å². The molecule has 0 unspecified atom stereocenters. The fourth-order valence-electron chi connectivity index (χ4n) is 0.682. The average Bonchev–Trinajstić information content (AvgIpc) is 2.03. The van der Waals surface area contributed by atoms with Crippen molar-refractivity contribution in [3.8, 4) is 0 Å². The van der Waals surface area contributed by atoms with Gasteiger partial charge in [0.05, 0.1) is 6.61 Å². The molecule has 0 saturated carbocycles. The van der Waals surface area contributed by atoms with E-state index in [2.05, 4.69) is 10.4 Å². The van der Waals surface area contributed by atoms with Crippen molar-refractivity contribution < 1.29 is 5.11 Å². The predicted molar refractivity (Wildman–Crippen MR) is 39.4 cm³/mol. The van der Waals surface area contributed by atoms with Crippen LogP contribution in [0.2, 0.25) is 0 Å². The van der Waals surface area contributed by atoms with Gasteiger partial charge in [0.1, 0.15) is 6.67 Å². The molecule has 0 aromatic heterocycles. The van der Waals surface area contributed by atoms with E-state index in [0.29, 0.717) is 13.2 Å². The summed E-state index contributed by atoms with van der Waals surface area (Å²) in [5.41, 5.74) is 2.95. The smallest absolute Gasteiger partial charge is 0.124 e. The number of hydrogen-bond acceptors (Lipinski definition) is 4. The van der Waals surface area contributed by atoms with Gasteiger partial charge in [0.25, 0.3) is 0 Å². The van der Waals surface area contributed by atoms with Gasteiger partial charge in [-0.1, -0.05) is 0 Å². The van der Waals surface area contributed by atoms with Crippen molar-refractivity contribution in [1.29, 1.82) is 0 Å². The number of hydrazine groups is 1. The highest BCUT2D eigenvalue weighted by atomic mass is 16.3. The first-order valence-electron chi connectivity index (χ1n) is 3.21. The summed E-state index contributed by atoms with van der Waals surface area (Å²) in [6, 6.07) is 0. The Bertz CT molecular complexity index is 144. The molecule has 4 heteroatoms. The Morgan fingerprint density at radius 3 is 3.20 bits per heavy atom. The molecule has 1 aliphatic rings. The van der Waals surface area contributed by atoms with Gasteiger partial charge in [0.15, 0.2) is 0 Å². The van der Waals surface area contributed by atoms with Gasteiger partial charge in [-0.2, -0.15) is 0 Å². The highest BCUT2D eigenvalue weighted by Crippen LogP contribution is 1.88. The highest BCUT2D eigenvalue weighted by molar-refractivity contribution is 5.71. The molecule has 0 spiro atoms. The quantitative estimate of drug-likeness (QED) is 0.548. The summed E-state index contributed by atoms with van der Waals surface area (Å²) in [6.45, 7) is 1.34. The lowest BCUT2D eigenvalue weighted by Gasteiger charge is -2.19. The molecule has 1 heterocycles. The lowest BCUT2D eigenvalue weighted by atomic mass is 10.6. The number of aliphatic hydroxyl groups excluding tert-OH is 1. The van der Waals surface area contributed by atoms with Gasteiger partial charge in [-0.3, -0.25) is 10.0 Å². The van der Waals surface area contributed by atoms with Crippen molar-refractivity contribution in [2.24, 2.45) is 4.99 Å². The maximum atomic E-state index is 8.45. The van der Waals surface area contributed by atoms with Gasteiger partial charge in [0.2, 0.25) is 0 Å². The van der Waals surface area contributed by atoms with Crippen LogP contribution in [0.15, 0.2) is 17.3 Å². The lowest BCUT2D eigenvalue weighted by molar-refractivity contribution is 0.220. The van der Waals surface area contributed by atoms with Crippen molar-refractivity contribution in [1.82, 2.24) is 10.4 Å². The fraction of sp³-hybridized carbons (Fsp3) is 0.500. The van der Waals surface area contributed by atoms with Crippen LogP contribution in [-0.2, 0) is 0 Å². The van der Waals surface area contributed by atoms with Crippen LogP contribution in [0.3, 0.4) is 0 Å². The minimum absolute atomic E-state index is 0.147. The molecule has 0 bridgehead atoms. The van der Waals surface area contributed by atoms with E-state index in [4.69, 9.17) is 5.11 Å². The van der Waals surface area contributed by atoms with Crippen molar-refractivity contribution in [3.63, 3.8) is 0 Å². The summed E-state index contributed by atoms with van der Waals surface area (Å²) in [5, 5.41) is 10.3. The zero-order chi connectivity index (χ0) is 7.23. The maximum absolute atomic E-state index is 8.45. The first-order valence-corrected chi connectivity index (χ1v) is 3.21. The third-order valence-corrected chi connectivity index (χ3v) is 1.12. The molecule has 10 heavy (non-hydrogen) atoms. The summed E-state index contributed by atoms with van der Waals surface area (Å²) >= 11 is 0. The molecule has 0 aromatic rings. The maximum Gasteiger partial charge on any atom is 0.124 e. The average molecular weight is 141 g/mol. The van der Waals surface area contributed by atoms with Crippen molar-refractivity contribution in [3.05, 3.63) is 12.3 Å². The van der Waals surface area contributed by atoms with Crippen LogP contribution in [-0.4, -0.2) is 36.2 Å². The summed E-state index contributed by atoms with van der Waals surface area (Å²) in [6.07, 6.45) is 5.47. The van der Waals surface area contributed by atoms with Crippen molar-refractivity contribution in [2.75, 3.05) is 19.8 Å². The SMILES string of the molecule is OCCNN1C=CC=NC1. The molecular formula is C6H11N3O. The summed E-state index contributed by atoms with van der Waals surface area (Å²) in [7, 11) is 0. The van der Waals surface area contributed by atoms with Crippen molar-refractivity contribution >= 4 is 6.21 Å². The van der Waals surface area contributed by atoms with Crippen LogP contribution < -0.4 is 5.43 Å². The number of nitrogens with one attached hydrogen (secondary N) is 1. The van der Waals surface area contributed by atoms with Gasteiger partial charge in [-0.15, -0.1) is 0 Å². The van der Waals surface area contributed by atoms with Crippen LogP contribution in [0.1, 0.15) is 0 Å². The van der Waals surface area contributed by atoms with E-state index in [0.717, 1.165) is 0 Å². The Hall–Kier alpha value is -0.870. The second-order valence-electron chi connectivity index (χ2n) is 1.92. The number of aliphatic hydroxyl groups is 1. The van der Waals surface area contributed by atoms with Crippen LogP contribution in [0.4, 0.5) is 0 Å². The molecule has 56 valence electrons. The Morgan fingerprint density at radius 2 is 2.60 bits per heavy atom. The monoisotopic (exact) mass is 141 g/mol. The summed E-state index contributed by atoms with van der Waals surface area (Å²) in [4.78, 5) is 3.98. The lowest BCUT2D eigenvalue weighted by Crippen LogP contribution is -2.36. The summed E-state index contributed by atoms with van der Waals surface area (Å²) in [5.74, 6) is 0. The Morgan fingerprint density at radius 1 is 1.70 bits per heavy atom. The molecule has 0 aromatic carbocycles. The van der Waals surface area contributed by atoms with E-state index in [1.54, 1.807) is 6.21 Å². The normalized spacial score (nSPS) is 16.3. The van der Waals surface area contributed by atoms with Crippen LogP contribution in [0, 0.1) is 0 Å². The molecule has 1 rings (SSSR count). The minimum atomic E-state index is 0.147. The number of rotatable bonds is 3. The molecule has 0 atom stereocenters. The first-order chi connectivity index (χ1) is 4.93. The second kappa shape index (κ2) is 4.03. The van der Waals surface area contributed by atoms with Crippen molar-refractivity contribution in [2.45, 2.75) is 0 Å². The number of hydrogen-bond donors (Lipinski definition) is 2. The molecular weight excluding hydrogens is 130 g/mol. The largest absolute Gasteiger partial charge is 0.395 e. The van der Waals surface area contributed by atoms with E-state index >= 15 is 0 Å². The molecule has 4 nitrogen and oxygen atoms in total. The molecule has 0 saturated heterocycles. The molecule has 1 aliphatic heterocycles. The van der Waals surface area contributed by atoms with E-state index in [-0.39, 0.29) is 6.61 Å². The zero-order valence-corrected chi connectivity index (χ0v) is 5.70. The second-order valence-corrected chi connectivity index (χ2v) is 1.92. The number of nitrogens with zero attached hydrogens (tertiary/aromatic N) is 2.